The van der Waals surface area contributed by atoms with Gasteiger partial charge in [0.05, 0.1) is 30.9 Å². The fourth-order valence-electron chi connectivity index (χ4n) is 1.42. The van der Waals surface area contributed by atoms with Crippen LogP contribution in [0.3, 0.4) is 0 Å². The highest BCUT2D eigenvalue weighted by molar-refractivity contribution is 9.10. The first-order valence-corrected chi connectivity index (χ1v) is 6.66. The third-order valence-corrected chi connectivity index (χ3v) is 2.95. The van der Waals surface area contributed by atoms with E-state index < -0.39 is 0 Å². The third kappa shape index (κ3) is 5.35. The number of methoxy groups -OCH3 is 1. The fourth-order valence-corrected chi connectivity index (χ4v) is 1.94. The minimum absolute atomic E-state index is 0.0287. The number of halogens is 1. The summed E-state index contributed by atoms with van der Waals surface area (Å²) in [7, 11) is 1.65. The minimum atomic E-state index is -0.0287. The number of hydrogen-bond donors (Lipinski definition) is 1. The number of rotatable bonds is 9. The highest BCUT2D eigenvalue weighted by atomic mass is 79.9. The van der Waals surface area contributed by atoms with Gasteiger partial charge >= 0.3 is 0 Å². The summed E-state index contributed by atoms with van der Waals surface area (Å²) in [6.07, 6.45) is 0.802. The molecule has 0 aliphatic carbocycles. The lowest BCUT2D eigenvalue weighted by Crippen LogP contribution is -2.07. The Bertz CT molecular complexity index is 344. The maximum absolute atomic E-state index is 9.20. The molecule has 0 heterocycles. The Balaban J connectivity index is 2.26. The van der Waals surface area contributed by atoms with E-state index in [0.29, 0.717) is 32.2 Å². The summed E-state index contributed by atoms with van der Waals surface area (Å²) < 4.78 is 16.7. The van der Waals surface area contributed by atoms with Crippen molar-refractivity contribution in [2.24, 2.45) is 0 Å². The van der Waals surface area contributed by atoms with Gasteiger partial charge < -0.3 is 19.3 Å². The molecule has 102 valence electrons. The number of hydrogen-bond acceptors (Lipinski definition) is 4. The average Bonchev–Trinajstić information content (AvgIpc) is 2.39. The Labute approximate surface area is 116 Å². The van der Waals surface area contributed by atoms with Gasteiger partial charge in [-0.1, -0.05) is 12.1 Å². The highest BCUT2D eigenvalue weighted by Gasteiger charge is 2.06. The second-order valence-electron chi connectivity index (χ2n) is 3.69. The van der Waals surface area contributed by atoms with Crippen LogP contribution in [-0.2, 0) is 16.1 Å². The molecule has 0 aliphatic heterocycles. The van der Waals surface area contributed by atoms with Crippen molar-refractivity contribution in [2.45, 2.75) is 13.0 Å². The molecule has 0 bridgehead atoms. The molecule has 0 spiro atoms. The Kier molecular flexibility index (Phi) is 8.00. The quantitative estimate of drug-likeness (QED) is 0.710. The van der Waals surface area contributed by atoms with Crippen molar-refractivity contribution in [2.75, 3.05) is 33.5 Å². The van der Waals surface area contributed by atoms with Crippen molar-refractivity contribution in [1.82, 2.24) is 0 Å². The number of aliphatic hydroxyl groups is 1. The van der Waals surface area contributed by atoms with E-state index in [0.717, 1.165) is 16.5 Å². The average molecular weight is 319 g/mol. The van der Waals surface area contributed by atoms with Gasteiger partial charge in [-0.25, -0.2) is 0 Å². The first-order chi connectivity index (χ1) is 8.79. The Hall–Kier alpha value is -0.620. The zero-order valence-electron chi connectivity index (χ0n) is 10.5. The first-order valence-electron chi connectivity index (χ1n) is 5.87. The SMILES string of the molecule is COCCOCCCOc1c(Br)cccc1CO. The molecule has 0 fully saturated rings. The normalized spacial score (nSPS) is 10.6. The van der Waals surface area contributed by atoms with E-state index in [4.69, 9.17) is 14.2 Å². The van der Waals surface area contributed by atoms with Crippen LogP contribution >= 0.6 is 15.9 Å². The van der Waals surface area contributed by atoms with Gasteiger partial charge in [-0.05, 0) is 22.0 Å². The predicted octanol–water partition coefficient (Wildman–Crippen LogP) is 2.37. The number of ether oxygens (including phenoxy) is 3. The molecule has 18 heavy (non-hydrogen) atoms. The van der Waals surface area contributed by atoms with Crippen LogP contribution in [-0.4, -0.2) is 38.6 Å². The van der Waals surface area contributed by atoms with E-state index >= 15 is 0 Å². The van der Waals surface area contributed by atoms with Gasteiger partial charge in [-0.2, -0.15) is 0 Å². The van der Waals surface area contributed by atoms with E-state index in [1.807, 2.05) is 18.2 Å². The molecule has 5 heteroatoms. The van der Waals surface area contributed by atoms with Gasteiger partial charge in [0.25, 0.3) is 0 Å². The number of aliphatic hydroxyl groups excluding tert-OH is 1. The van der Waals surface area contributed by atoms with Crippen LogP contribution in [0.1, 0.15) is 12.0 Å². The van der Waals surface area contributed by atoms with Gasteiger partial charge in [0.15, 0.2) is 0 Å². The standard InChI is InChI=1S/C13H19BrO4/c1-16-8-9-17-6-3-7-18-13-11(10-15)4-2-5-12(13)14/h2,4-5,15H,3,6-10H2,1H3. The molecule has 0 saturated carbocycles. The van der Waals surface area contributed by atoms with Gasteiger partial charge in [0.1, 0.15) is 5.75 Å². The summed E-state index contributed by atoms with van der Waals surface area (Å²) in [5.41, 5.74) is 0.782. The molecule has 0 atom stereocenters. The van der Waals surface area contributed by atoms with Crippen molar-refractivity contribution in [1.29, 1.82) is 0 Å². The van der Waals surface area contributed by atoms with Gasteiger partial charge in [0, 0.05) is 25.7 Å². The van der Waals surface area contributed by atoms with Crippen LogP contribution < -0.4 is 4.74 Å². The predicted molar refractivity (Wildman–Crippen MR) is 72.9 cm³/mol. The highest BCUT2D eigenvalue weighted by Crippen LogP contribution is 2.29. The van der Waals surface area contributed by atoms with Gasteiger partial charge in [-0.15, -0.1) is 0 Å². The molecular weight excluding hydrogens is 300 g/mol. The second kappa shape index (κ2) is 9.33. The van der Waals surface area contributed by atoms with E-state index in [-0.39, 0.29) is 6.61 Å². The Morgan fingerprint density at radius 3 is 2.72 bits per heavy atom. The smallest absolute Gasteiger partial charge is 0.138 e. The molecule has 0 aromatic heterocycles. The summed E-state index contributed by atoms with van der Waals surface area (Å²) in [6.45, 7) is 2.39. The van der Waals surface area contributed by atoms with Crippen molar-refractivity contribution in [3.05, 3.63) is 28.2 Å². The molecule has 0 aliphatic rings. The second-order valence-corrected chi connectivity index (χ2v) is 4.55. The van der Waals surface area contributed by atoms with Crippen LogP contribution in [0.2, 0.25) is 0 Å². The zero-order chi connectivity index (χ0) is 13.2. The molecule has 0 radical (unpaired) electrons. The largest absolute Gasteiger partial charge is 0.492 e. The topological polar surface area (TPSA) is 47.9 Å². The maximum atomic E-state index is 9.20. The molecular formula is C13H19BrO4. The molecule has 0 unspecified atom stereocenters. The summed E-state index contributed by atoms with van der Waals surface area (Å²) in [5, 5.41) is 9.20. The van der Waals surface area contributed by atoms with Crippen LogP contribution in [0.4, 0.5) is 0 Å². The molecule has 1 aromatic carbocycles. The van der Waals surface area contributed by atoms with E-state index in [1.165, 1.54) is 0 Å². The molecule has 1 aromatic rings. The first kappa shape index (κ1) is 15.4. The molecule has 4 nitrogen and oxygen atoms in total. The molecule has 0 saturated heterocycles. The lowest BCUT2D eigenvalue weighted by atomic mass is 10.2. The monoisotopic (exact) mass is 318 g/mol. The van der Waals surface area contributed by atoms with Crippen molar-refractivity contribution >= 4 is 15.9 Å². The van der Waals surface area contributed by atoms with Gasteiger partial charge in [0.2, 0.25) is 0 Å². The van der Waals surface area contributed by atoms with E-state index in [1.54, 1.807) is 7.11 Å². The molecule has 0 amide bonds. The number of benzene rings is 1. The van der Waals surface area contributed by atoms with Crippen molar-refractivity contribution < 1.29 is 19.3 Å². The lowest BCUT2D eigenvalue weighted by molar-refractivity contribution is 0.0643. The Morgan fingerprint density at radius 1 is 1.17 bits per heavy atom. The minimum Gasteiger partial charge on any atom is -0.492 e. The van der Waals surface area contributed by atoms with Crippen molar-refractivity contribution in [3.8, 4) is 5.75 Å². The molecule has 1 rings (SSSR count). The maximum Gasteiger partial charge on any atom is 0.138 e. The Morgan fingerprint density at radius 2 is 2.00 bits per heavy atom. The number of para-hydroxylation sites is 1. The van der Waals surface area contributed by atoms with Crippen molar-refractivity contribution in [3.63, 3.8) is 0 Å². The summed E-state index contributed by atoms with van der Waals surface area (Å²) in [5.74, 6) is 0.705. The third-order valence-electron chi connectivity index (χ3n) is 2.33. The molecule has 1 N–H and O–H groups in total. The summed E-state index contributed by atoms with van der Waals surface area (Å²) in [4.78, 5) is 0. The van der Waals surface area contributed by atoms with Crippen LogP contribution in [0, 0.1) is 0 Å². The van der Waals surface area contributed by atoms with Crippen LogP contribution in [0.5, 0.6) is 5.75 Å². The summed E-state index contributed by atoms with van der Waals surface area (Å²) >= 11 is 3.41. The van der Waals surface area contributed by atoms with E-state index in [2.05, 4.69) is 15.9 Å². The zero-order valence-corrected chi connectivity index (χ0v) is 12.1. The fraction of sp³-hybridized carbons (Fsp3) is 0.538. The van der Waals surface area contributed by atoms with Crippen LogP contribution in [0.25, 0.3) is 0 Å². The van der Waals surface area contributed by atoms with E-state index in [9.17, 15) is 5.11 Å². The summed E-state index contributed by atoms with van der Waals surface area (Å²) in [6, 6.07) is 5.61. The lowest BCUT2D eigenvalue weighted by Gasteiger charge is -2.12. The van der Waals surface area contributed by atoms with Gasteiger partial charge in [-0.3, -0.25) is 0 Å². The van der Waals surface area contributed by atoms with Crippen LogP contribution in [0.15, 0.2) is 22.7 Å².